The van der Waals surface area contributed by atoms with Crippen molar-refractivity contribution in [1.82, 2.24) is 9.80 Å². The lowest BCUT2D eigenvalue weighted by Gasteiger charge is -2.36. The fraction of sp³-hybridized carbons (Fsp3) is 0.458. The molecule has 1 fully saturated rings. The summed E-state index contributed by atoms with van der Waals surface area (Å²) in [5, 5.41) is 10.4. The van der Waals surface area contributed by atoms with Gasteiger partial charge in [0.2, 0.25) is 0 Å². The molecule has 1 amide bonds. The topological polar surface area (TPSA) is 71.5 Å². The first kappa shape index (κ1) is 25.0. The molecule has 1 saturated heterocycles. The van der Waals surface area contributed by atoms with Crippen LogP contribution in [0, 0.1) is 11.6 Å². The number of nitrogens with zero attached hydrogens (tertiary/aromatic N) is 2. The molecule has 0 radical (unpaired) electrons. The van der Waals surface area contributed by atoms with Crippen LogP contribution in [0.15, 0.2) is 48.5 Å². The summed E-state index contributed by atoms with van der Waals surface area (Å²) in [6, 6.07) is 11.1. The van der Waals surface area contributed by atoms with Gasteiger partial charge in [0.05, 0.1) is 19.3 Å². The van der Waals surface area contributed by atoms with Crippen LogP contribution in [0.3, 0.4) is 0 Å². The fourth-order valence-corrected chi connectivity index (χ4v) is 3.63. The normalized spacial score (nSPS) is 17.5. The van der Waals surface area contributed by atoms with E-state index in [1.54, 1.807) is 12.0 Å². The van der Waals surface area contributed by atoms with E-state index in [9.17, 15) is 18.7 Å². The number of carbonyl (C=O) groups excluding carboxylic acids is 1. The molecule has 1 heterocycles. The zero-order valence-corrected chi connectivity index (χ0v) is 18.7. The number of hydrogen-bond acceptors (Lipinski definition) is 6. The van der Waals surface area contributed by atoms with Crippen molar-refractivity contribution in [2.45, 2.75) is 12.2 Å². The minimum Gasteiger partial charge on any atom is -0.491 e. The summed E-state index contributed by atoms with van der Waals surface area (Å²) < 4.78 is 42.7. The van der Waals surface area contributed by atoms with Crippen LogP contribution in [0.25, 0.3) is 0 Å². The highest BCUT2D eigenvalue weighted by molar-refractivity contribution is 5.94. The third kappa shape index (κ3) is 8.04. The summed E-state index contributed by atoms with van der Waals surface area (Å²) in [6.07, 6.45) is -0.982. The third-order valence-electron chi connectivity index (χ3n) is 5.32. The molecule has 0 bridgehead atoms. The van der Waals surface area contributed by atoms with E-state index >= 15 is 0 Å². The zero-order valence-electron chi connectivity index (χ0n) is 18.7. The summed E-state index contributed by atoms with van der Waals surface area (Å²) in [5.74, 6) is -0.480. The Morgan fingerprint density at radius 2 is 1.85 bits per heavy atom. The van der Waals surface area contributed by atoms with E-state index in [-0.39, 0.29) is 24.4 Å². The number of β-amino-alcohol motifs (C(OH)–C–C–N with tert-alkyl or cyclic N) is 1. The van der Waals surface area contributed by atoms with E-state index in [1.807, 2.05) is 0 Å². The van der Waals surface area contributed by atoms with Gasteiger partial charge in [-0.05, 0) is 48.5 Å². The molecular weight excluding hydrogens is 434 g/mol. The van der Waals surface area contributed by atoms with Gasteiger partial charge in [-0.25, -0.2) is 8.78 Å². The highest BCUT2D eigenvalue weighted by Crippen LogP contribution is 2.14. The maximum Gasteiger partial charge on any atom is 0.254 e. The standard InChI is InChI=1S/C24H30F2N2O5/c1-31-12-11-28(24(30)18-2-4-19(25)5-3-18)16-23-15-27(10-13-32-23)14-21(29)17-33-22-8-6-20(26)7-9-22/h2-9,21,23,29H,10-17H2,1H3/t21-,23-/m1/s1. The van der Waals surface area contributed by atoms with Gasteiger partial charge in [0.1, 0.15) is 30.1 Å². The largest absolute Gasteiger partial charge is 0.491 e. The van der Waals surface area contributed by atoms with Gasteiger partial charge in [-0.15, -0.1) is 0 Å². The Hall–Kier alpha value is -2.59. The summed E-state index contributed by atoms with van der Waals surface area (Å²) in [6.45, 7) is 3.20. The molecule has 1 aliphatic heterocycles. The quantitative estimate of drug-likeness (QED) is 0.550. The van der Waals surface area contributed by atoms with Crippen molar-refractivity contribution in [3.63, 3.8) is 0 Å². The Bertz CT molecular complexity index is 866. The van der Waals surface area contributed by atoms with E-state index in [1.165, 1.54) is 48.5 Å². The summed E-state index contributed by atoms with van der Waals surface area (Å²) in [7, 11) is 1.56. The first-order valence-electron chi connectivity index (χ1n) is 10.9. The van der Waals surface area contributed by atoms with E-state index in [0.29, 0.717) is 57.3 Å². The van der Waals surface area contributed by atoms with Gasteiger partial charge in [0.25, 0.3) is 5.91 Å². The van der Waals surface area contributed by atoms with Crippen LogP contribution in [0.2, 0.25) is 0 Å². The first-order valence-corrected chi connectivity index (χ1v) is 10.9. The van der Waals surface area contributed by atoms with Gasteiger partial charge in [-0.2, -0.15) is 0 Å². The SMILES string of the molecule is COCCN(C[C@H]1CN(C[C@@H](O)COc2ccc(F)cc2)CCO1)C(=O)c1ccc(F)cc1. The van der Waals surface area contributed by atoms with Gasteiger partial charge < -0.3 is 24.2 Å². The van der Waals surface area contributed by atoms with E-state index < -0.39 is 11.9 Å². The van der Waals surface area contributed by atoms with Gasteiger partial charge in [-0.1, -0.05) is 0 Å². The predicted octanol–water partition coefficient (Wildman–Crippen LogP) is 2.19. The molecule has 33 heavy (non-hydrogen) atoms. The van der Waals surface area contributed by atoms with E-state index in [2.05, 4.69) is 4.90 Å². The monoisotopic (exact) mass is 464 g/mol. The molecule has 0 aliphatic carbocycles. The maximum absolute atomic E-state index is 13.2. The van der Waals surface area contributed by atoms with E-state index in [4.69, 9.17) is 14.2 Å². The minimum atomic E-state index is -0.737. The predicted molar refractivity (Wildman–Crippen MR) is 118 cm³/mol. The number of halogens is 2. The summed E-state index contributed by atoms with van der Waals surface area (Å²) in [5.41, 5.74) is 0.397. The molecule has 2 aromatic rings. The number of hydrogen-bond donors (Lipinski definition) is 1. The number of morpholine rings is 1. The van der Waals surface area contributed by atoms with Crippen molar-refractivity contribution in [2.75, 3.05) is 59.7 Å². The highest BCUT2D eigenvalue weighted by atomic mass is 19.1. The summed E-state index contributed by atoms with van der Waals surface area (Å²) >= 11 is 0. The molecule has 0 unspecified atom stereocenters. The molecule has 1 N–H and O–H groups in total. The Morgan fingerprint density at radius 1 is 1.18 bits per heavy atom. The summed E-state index contributed by atoms with van der Waals surface area (Å²) in [4.78, 5) is 16.6. The minimum absolute atomic E-state index is 0.0800. The average Bonchev–Trinajstić information content (AvgIpc) is 2.81. The molecule has 7 nitrogen and oxygen atoms in total. The number of ether oxygens (including phenoxy) is 3. The van der Waals surface area contributed by atoms with Gasteiger partial charge in [-0.3, -0.25) is 9.69 Å². The highest BCUT2D eigenvalue weighted by Gasteiger charge is 2.26. The number of aliphatic hydroxyl groups is 1. The lowest BCUT2D eigenvalue weighted by Crippen LogP contribution is -2.51. The molecule has 0 aromatic heterocycles. The molecule has 2 aromatic carbocycles. The Balaban J connectivity index is 1.51. The molecule has 1 aliphatic rings. The second-order valence-electron chi connectivity index (χ2n) is 7.92. The van der Waals surface area contributed by atoms with Crippen LogP contribution in [0.4, 0.5) is 8.78 Å². The molecule has 0 spiro atoms. The molecule has 2 atom stereocenters. The number of carbonyl (C=O) groups is 1. The molecule has 3 rings (SSSR count). The number of methoxy groups -OCH3 is 1. The van der Waals surface area contributed by atoms with Crippen molar-refractivity contribution >= 4 is 5.91 Å². The number of benzene rings is 2. The Kier molecular flexibility index (Phi) is 9.56. The van der Waals surface area contributed by atoms with Crippen LogP contribution >= 0.6 is 0 Å². The van der Waals surface area contributed by atoms with Gasteiger partial charge in [0, 0.05) is 45.4 Å². The number of aliphatic hydroxyl groups excluding tert-OH is 1. The first-order chi connectivity index (χ1) is 15.9. The Labute approximate surface area is 192 Å². The van der Waals surface area contributed by atoms with Crippen molar-refractivity contribution in [3.8, 4) is 5.75 Å². The van der Waals surface area contributed by atoms with Crippen LogP contribution in [-0.4, -0.2) is 92.7 Å². The van der Waals surface area contributed by atoms with Crippen LogP contribution in [0.5, 0.6) is 5.75 Å². The third-order valence-corrected chi connectivity index (χ3v) is 5.32. The smallest absolute Gasteiger partial charge is 0.254 e. The number of amides is 1. The van der Waals surface area contributed by atoms with Crippen LogP contribution in [-0.2, 0) is 9.47 Å². The lowest BCUT2D eigenvalue weighted by atomic mass is 10.1. The Morgan fingerprint density at radius 3 is 2.52 bits per heavy atom. The van der Waals surface area contributed by atoms with Crippen LogP contribution < -0.4 is 4.74 Å². The second kappa shape index (κ2) is 12.6. The van der Waals surface area contributed by atoms with Crippen molar-refractivity contribution in [1.29, 1.82) is 0 Å². The zero-order chi connectivity index (χ0) is 23.6. The van der Waals surface area contributed by atoms with Gasteiger partial charge in [0.15, 0.2) is 0 Å². The lowest BCUT2D eigenvalue weighted by molar-refractivity contribution is -0.0546. The molecule has 180 valence electrons. The second-order valence-corrected chi connectivity index (χ2v) is 7.92. The van der Waals surface area contributed by atoms with Crippen LogP contribution in [0.1, 0.15) is 10.4 Å². The number of rotatable bonds is 11. The maximum atomic E-state index is 13.2. The van der Waals surface area contributed by atoms with Crippen molar-refractivity contribution < 1.29 is 32.9 Å². The van der Waals surface area contributed by atoms with Crippen molar-refractivity contribution in [3.05, 3.63) is 65.7 Å². The average molecular weight is 465 g/mol. The van der Waals surface area contributed by atoms with Gasteiger partial charge >= 0.3 is 0 Å². The molecule has 9 heteroatoms. The van der Waals surface area contributed by atoms with Crippen molar-refractivity contribution in [2.24, 2.45) is 0 Å². The molecular formula is C24H30F2N2O5. The molecule has 0 saturated carbocycles. The fourth-order valence-electron chi connectivity index (χ4n) is 3.63. The van der Waals surface area contributed by atoms with E-state index in [0.717, 1.165) is 0 Å².